The Labute approximate surface area is 214 Å². The number of aryl methyl sites for hydroxylation is 2. The van der Waals surface area contributed by atoms with E-state index in [-0.39, 0.29) is 4.90 Å². The zero-order valence-corrected chi connectivity index (χ0v) is 20.6. The van der Waals surface area contributed by atoms with E-state index in [0.29, 0.717) is 24.2 Å². The normalized spacial score (nSPS) is 12.2. The van der Waals surface area contributed by atoms with Crippen molar-refractivity contribution >= 4 is 38.5 Å². The van der Waals surface area contributed by atoms with Crippen LogP contribution in [0.5, 0.6) is 0 Å². The summed E-state index contributed by atoms with van der Waals surface area (Å²) in [4.78, 5) is 28.6. The number of carbonyl (C=O) groups is 2. The third-order valence-electron chi connectivity index (χ3n) is 5.82. The summed E-state index contributed by atoms with van der Waals surface area (Å²) >= 11 is 0. The van der Waals surface area contributed by atoms with Crippen LogP contribution < -0.4 is 15.8 Å². The number of aliphatic carboxylic acids is 1. The number of sulfonamides is 1. The van der Waals surface area contributed by atoms with Crippen molar-refractivity contribution in [2.45, 2.75) is 23.8 Å². The number of pyridine rings is 1. The van der Waals surface area contributed by atoms with E-state index in [0.717, 1.165) is 22.0 Å². The molecule has 5 N–H and O–H groups in total. The zero-order chi connectivity index (χ0) is 26.4. The Morgan fingerprint density at radius 3 is 2.30 bits per heavy atom. The molecule has 0 radical (unpaired) electrons. The van der Waals surface area contributed by atoms with Crippen LogP contribution in [-0.4, -0.2) is 43.0 Å². The van der Waals surface area contributed by atoms with E-state index < -0.39 is 34.5 Å². The second-order valence-corrected chi connectivity index (χ2v) is 10.2. The molecule has 1 aromatic heterocycles. The fourth-order valence-corrected chi connectivity index (χ4v) is 5.11. The molecule has 4 rings (SSSR count). The smallest absolute Gasteiger partial charge is 0.323 e. The molecule has 0 aliphatic heterocycles. The highest BCUT2D eigenvalue weighted by Gasteiger charge is 2.26. The highest BCUT2D eigenvalue weighted by atomic mass is 32.2. The topological polar surface area (TPSA) is 151 Å². The number of anilines is 1. The number of nitrogen functional groups attached to an aromatic ring is 1. The third-order valence-corrected chi connectivity index (χ3v) is 7.31. The van der Waals surface area contributed by atoms with Crippen LogP contribution in [0.2, 0.25) is 0 Å². The molecule has 1 heterocycles. The molecule has 37 heavy (non-hydrogen) atoms. The SMILES string of the molecule is Nc1cc2ccccc2c(CCc2ccc(C(=O)NC[C@H](NS(=O)(=O)c3ccccc3)C(=O)O)cc2)n1. The number of hydrogen-bond acceptors (Lipinski definition) is 6. The molecule has 9 nitrogen and oxygen atoms in total. The van der Waals surface area contributed by atoms with Gasteiger partial charge in [-0.3, -0.25) is 9.59 Å². The number of benzene rings is 3. The molecule has 0 fully saturated rings. The minimum absolute atomic E-state index is 0.0652. The number of carboxylic acid groups (broad SMARTS) is 1. The van der Waals surface area contributed by atoms with Gasteiger partial charge >= 0.3 is 5.97 Å². The first-order valence-electron chi connectivity index (χ1n) is 11.5. The van der Waals surface area contributed by atoms with Crippen molar-refractivity contribution in [2.24, 2.45) is 0 Å². The van der Waals surface area contributed by atoms with Crippen molar-refractivity contribution in [1.29, 1.82) is 0 Å². The van der Waals surface area contributed by atoms with Crippen molar-refractivity contribution in [3.63, 3.8) is 0 Å². The standard InChI is InChI=1S/C27H26N4O5S/c28-25-16-20-6-4-5-9-22(20)23(30-25)15-12-18-10-13-19(14-11-18)26(32)29-17-24(27(33)34)31-37(35,36)21-7-2-1-3-8-21/h1-11,13-14,16,24,31H,12,15,17H2,(H2,28,30)(H,29,32)(H,33,34)/t24-/m0/s1. The van der Waals surface area contributed by atoms with E-state index in [1.807, 2.05) is 42.5 Å². The number of nitrogens with zero attached hydrogens (tertiary/aromatic N) is 1. The lowest BCUT2D eigenvalue weighted by molar-refractivity contribution is -0.138. The first kappa shape index (κ1) is 25.8. The van der Waals surface area contributed by atoms with E-state index in [4.69, 9.17) is 5.73 Å². The summed E-state index contributed by atoms with van der Waals surface area (Å²) in [6.45, 7) is -0.420. The number of rotatable bonds is 10. The molecule has 0 saturated carbocycles. The Balaban J connectivity index is 1.36. The van der Waals surface area contributed by atoms with Crippen molar-refractivity contribution in [1.82, 2.24) is 15.0 Å². The molecule has 3 aromatic carbocycles. The Bertz CT molecular complexity index is 1520. The number of amides is 1. The number of carboxylic acids is 1. The van der Waals surface area contributed by atoms with Crippen LogP contribution in [0.15, 0.2) is 89.8 Å². The van der Waals surface area contributed by atoms with E-state index in [1.54, 1.807) is 18.2 Å². The van der Waals surface area contributed by atoms with E-state index >= 15 is 0 Å². The Hall–Kier alpha value is -4.28. The quantitative estimate of drug-likeness (QED) is 0.252. The Morgan fingerprint density at radius 1 is 0.919 bits per heavy atom. The first-order valence-corrected chi connectivity index (χ1v) is 13.0. The number of fused-ring (bicyclic) bond motifs is 1. The summed E-state index contributed by atoms with van der Waals surface area (Å²) < 4.78 is 27.0. The summed E-state index contributed by atoms with van der Waals surface area (Å²) in [6.07, 6.45) is 1.35. The molecule has 1 amide bonds. The molecule has 0 aliphatic rings. The number of nitrogens with one attached hydrogen (secondary N) is 2. The minimum atomic E-state index is -4.06. The van der Waals surface area contributed by atoms with Crippen molar-refractivity contribution in [2.75, 3.05) is 12.3 Å². The summed E-state index contributed by atoms with van der Waals surface area (Å²) in [5.41, 5.74) is 8.16. The maximum atomic E-state index is 12.6. The number of nitrogens with two attached hydrogens (primary N) is 1. The lowest BCUT2D eigenvalue weighted by atomic mass is 10.0. The minimum Gasteiger partial charge on any atom is -0.480 e. The Morgan fingerprint density at radius 2 is 1.59 bits per heavy atom. The molecule has 10 heteroatoms. The molecule has 1 atom stereocenters. The van der Waals surface area contributed by atoms with Gasteiger partial charge < -0.3 is 16.2 Å². The molecule has 0 unspecified atom stereocenters. The highest BCUT2D eigenvalue weighted by Crippen LogP contribution is 2.21. The lowest BCUT2D eigenvalue weighted by Crippen LogP contribution is -2.48. The van der Waals surface area contributed by atoms with Crippen LogP contribution in [0.1, 0.15) is 21.6 Å². The second kappa shape index (κ2) is 11.2. The number of hydrogen-bond donors (Lipinski definition) is 4. The molecular formula is C27H26N4O5S. The second-order valence-electron chi connectivity index (χ2n) is 8.45. The van der Waals surface area contributed by atoms with Gasteiger partial charge in [-0.1, -0.05) is 54.6 Å². The third kappa shape index (κ3) is 6.49. The molecule has 190 valence electrons. The van der Waals surface area contributed by atoms with Gasteiger partial charge in [0.05, 0.1) is 10.6 Å². The van der Waals surface area contributed by atoms with Gasteiger partial charge in [0.15, 0.2) is 0 Å². The average molecular weight is 519 g/mol. The largest absolute Gasteiger partial charge is 0.480 e. The first-order chi connectivity index (χ1) is 17.7. The van der Waals surface area contributed by atoms with Crippen molar-refractivity contribution in [3.8, 4) is 0 Å². The summed E-state index contributed by atoms with van der Waals surface area (Å²) in [6, 6.07) is 22.5. The van der Waals surface area contributed by atoms with Crippen LogP contribution in [0.4, 0.5) is 5.82 Å². The number of carbonyl (C=O) groups excluding carboxylic acids is 1. The fraction of sp³-hybridized carbons (Fsp3) is 0.148. The number of aromatic nitrogens is 1. The molecular weight excluding hydrogens is 492 g/mol. The fourth-order valence-electron chi connectivity index (χ4n) is 3.90. The lowest BCUT2D eigenvalue weighted by Gasteiger charge is -2.16. The van der Waals surface area contributed by atoms with Crippen molar-refractivity contribution < 1.29 is 23.1 Å². The zero-order valence-electron chi connectivity index (χ0n) is 19.8. The highest BCUT2D eigenvalue weighted by molar-refractivity contribution is 7.89. The average Bonchev–Trinajstić information content (AvgIpc) is 2.90. The maximum absolute atomic E-state index is 12.6. The predicted octanol–water partition coefficient (Wildman–Crippen LogP) is 2.76. The molecule has 0 spiro atoms. The van der Waals surface area contributed by atoms with E-state index in [9.17, 15) is 23.1 Å². The molecule has 0 saturated heterocycles. The Kier molecular flexibility index (Phi) is 7.80. The summed E-state index contributed by atoms with van der Waals surface area (Å²) in [7, 11) is -4.06. The van der Waals surface area contributed by atoms with Crippen molar-refractivity contribution in [3.05, 3.63) is 102 Å². The summed E-state index contributed by atoms with van der Waals surface area (Å²) in [5.74, 6) is -1.45. The van der Waals surface area contributed by atoms with Gasteiger partial charge in [-0.05, 0) is 54.1 Å². The van der Waals surface area contributed by atoms with Gasteiger partial charge in [0, 0.05) is 17.5 Å². The van der Waals surface area contributed by atoms with Gasteiger partial charge in [0.2, 0.25) is 10.0 Å². The van der Waals surface area contributed by atoms with Crippen LogP contribution in [0.3, 0.4) is 0 Å². The summed E-state index contributed by atoms with van der Waals surface area (Å²) in [5, 5.41) is 14.0. The van der Waals surface area contributed by atoms with Gasteiger partial charge in [-0.2, -0.15) is 4.72 Å². The van der Waals surface area contributed by atoms with Crippen LogP contribution in [-0.2, 0) is 27.7 Å². The van der Waals surface area contributed by atoms with Crippen LogP contribution in [0.25, 0.3) is 10.8 Å². The van der Waals surface area contributed by atoms with E-state index in [1.165, 1.54) is 24.3 Å². The van der Waals surface area contributed by atoms with Gasteiger partial charge in [0.25, 0.3) is 5.91 Å². The van der Waals surface area contributed by atoms with Gasteiger partial charge in [-0.15, -0.1) is 0 Å². The monoisotopic (exact) mass is 518 g/mol. The van der Waals surface area contributed by atoms with Crippen LogP contribution in [0, 0.1) is 0 Å². The molecule has 4 aromatic rings. The maximum Gasteiger partial charge on any atom is 0.323 e. The predicted molar refractivity (Wildman–Crippen MR) is 141 cm³/mol. The molecule has 0 bridgehead atoms. The van der Waals surface area contributed by atoms with Gasteiger partial charge in [-0.25, -0.2) is 13.4 Å². The van der Waals surface area contributed by atoms with Gasteiger partial charge in [0.1, 0.15) is 11.9 Å². The molecule has 0 aliphatic carbocycles. The van der Waals surface area contributed by atoms with Crippen LogP contribution >= 0.6 is 0 Å². The van der Waals surface area contributed by atoms with E-state index in [2.05, 4.69) is 15.0 Å².